The first-order valence-corrected chi connectivity index (χ1v) is 46.1. The van der Waals surface area contributed by atoms with E-state index in [1.807, 2.05) is 48.5 Å². The zero-order valence-electron chi connectivity index (χ0n) is 73.9. The van der Waals surface area contributed by atoms with Gasteiger partial charge in [-0.15, -0.1) is 5.06 Å². The fourth-order valence-electron chi connectivity index (χ4n) is 14.9. The van der Waals surface area contributed by atoms with Crippen LogP contribution < -0.4 is 22.5 Å². The third kappa shape index (κ3) is 51.8. The number of nitrogens with one attached hydrogen (secondary N) is 1. The molecule has 3 amide bonds. The Morgan fingerprint density at radius 1 is 0.378 bits per heavy atom. The average Bonchev–Trinajstić information content (AvgIpc) is 1.62. The number of nitrogens with zero attached hydrogens (tertiary/aromatic N) is 1. The van der Waals surface area contributed by atoms with Gasteiger partial charge in [0, 0.05) is 44.4 Å². The maximum absolute atomic E-state index is 13.0. The van der Waals surface area contributed by atoms with Gasteiger partial charge in [0.05, 0.1) is 19.6 Å². The van der Waals surface area contributed by atoms with Gasteiger partial charge < -0.3 is 65.3 Å². The number of hydrogen-bond donors (Lipinski definition) is 4. The summed E-state index contributed by atoms with van der Waals surface area (Å²) in [6, 6.07) is 14.7. The number of hydrogen-bond acceptors (Lipinski definition) is 23. The van der Waals surface area contributed by atoms with Crippen LogP contribution in [-0.4, -0.2) is 146 Å². The van der Waals surface area contributed by atoms with E-state index < -0.39 is 41.6 Å². The molecule has 2 aromatic rings. The van der Waals surface area contributed by atoms with Crippen molar-refractivity contribution in [3.63, 3.8) is 0 Å². The summed E-state index contributed by atoms with van der Waals surface area (Å²) in [7, 11) is 0. The second kappa shape index (κ2) is 67.1. The van der Waals surface area contributed by atoms with Crippen LogP contribution in [0.2, 0.25) is 0 Å². The first-order chi connectivity index (χ1) is 57.5. The molecule has 4 atom stereocenters. The lowest BCUT2D eigenvalue weighted by atomic mass is 9.98. The fraction of sp³-hybridized carbons (Fsp3) is 0.755. The van der Waals surface area contributed by atoms with Gasteiger partial charge in [-0.3, -0.25) is 43.2 Å². The molecule has 7 N–H and O–H groups in total. The molecule has 25 nitrogen and oxygen atoms in total. The molecule has 0 bridgehead atoms. The Morgan fingerprint density at radius 3 is 1.03 bits per heavy atom. The van der Waals surface area contributed by atoms with E-state index in [0.717, 1.165) is 234 Å². The molecule has 25 heteroatoms. The van der Waals surface area contributed by atoms with Gasteiger partial charge in [0.15, 0.2) is 6.10 Å². The Kier molecular flexibility index (Phi) is 59.6. The van der Waals surface area contributed by atoms with Crippen molar-refractivity contribution in [2.75, 3.05) is 39.5 Å². The van der Waals surface area contributed by atoms with Gasteiger partial charge in [0.2, 0.25) is 0 Å². The molecule has 119 heavy (non-hydrogen) atoms. The summed E-state index contributed by atoms with van der Waals surface area (Å²) in [5.41, 5.74) is 20.2. The minimum Gasteiger partial charge on any atom is -0.462 e. The fourth-order valence-corrected chi connectivity index (χ4v) is 14.9. The quantitative estimate of drug-likeness (QED) is 0.0207. The van der Waals surface area contributed by atoms with Gasteiger partial charge in [-0.05, 0) is 152 Å². The van der Waals surface area contributed by atoms with E-state index >= 15 is 0 Å². The number of carbonyl (C=O) groups excluding carboxylic acids is 11. The first kappa shape index (κ1) is 106. The van der Waals surface area contributed by atoms with Crippen LogP contribution in [0.25, 0.3) is 11.1 Å². The molecule has 676 valence electrons. The van der Waals surface area contributed by atoms with Crippen molar-refractivity contribution < 1.29 is 95.5 Å². The molecule has 1 aliphatic carbocycles. The number of unbranched alkanes of at least 4 members (excludes halogenated alkanes) is 32. The molecular weight excluding hydrogens is 1520 g/mol. The maximum Gasteiger partial charge on any atom is 0.407 e. The molecule has 2 aromatic carbocycles. The van der Waals surface area contributed by atoms with Gasteiger partial charge >= 0.3 is 53.8 Å². The van der Waals surface area contributed by atoms with Crippen molar-refractivity contribution >= 4 is 65.7 Å². The highest BCUT2D eigenvalue weighted by molar-refractivity contribution is 6.02. The summed E-state index contributed by atoms with van der Waals surface area (Å²) in [6.45, 7) is 11.5. The highest BCUT2D eigenvalue weighted by Gasteiger charge is 2.36. The Hall–Kier alpha value is -7.51. The zero-order valence-corrected chi connectivity index (χ0v) is 73.9. The summed E-state index contributed by atoms with van der Waals surface area (Å²) in [4.78, 5) is 141. The third-order valence-corrected chi connectivity index (χ3v) is 21.6. The van der Waals surface area contributed by atoms with Crippen LogP contribution >= 0.6 is 0 Å². The summed E-state index contributed by atoms with van der Waals surface area (Å²) >= 11 is 0. The number of carbonyl (C=O) groups is 11. The normalized spacial score (nSPS) is 13.4. The largest absolute Gasteiger partial charge is 0.462 e. The van der Waals surface area contributed by atoms with Crippen molar-refractivity contribution in [1.82, 2.24) is 10.4 Å². The van der Waals surface area contributed by atoms with Crippen molar-refractivity contribution in [3.8, 4) is 11.1 Å². The van der Waals surface area contributed by atoms with Gasteiger partial charge in [0.25, 0.3) is 11.8 Å². The smallest absolute Gasteiger partial charge is 0.407 e. The van der Waals surface area contributed by atoms with E-state index in [4.69, 9.17) is 59.9 Å². The van der Waals surface area contributed by atoms with E-state index in [1.54, 1.807) is 20.8 Å². The monoisotopic (exact) mass is 1670 g/mol. The molecule has 0 spiro atoms. The average molecular weight is 1680 g/mol. The van der Waals surface area contributed by atoms with Crippen LogP contribution in [0.3, 0.4) is 0 Å². The number of ether oxygens (including phenoxy) is 8. The molecule has 1 aliphatic heterocycles. The Labute approximate surface area is 712 Å². The minimum absolute atomic E-state index is 0.0386. The second-order valence-electron chi connectivity index (χ2n) is 33.3. The minimum atomic E-state index is -1.16. The molecule has 2 aliphatic rings. The molecule has 1 fully saturated rings. The van der Waals surface area contributed by atoms with Crippen LogP contribution in [0.4, 0.5) is 4.79 Å². The Morgan fingerprint density at radius 2 is 0.681 bits per heavy atom. The Bertz CT molecular complexity index is 3030. The third-order valence-electron chi connectivity index (χ3n) is 21.6. The number of amides is 3. The molecule has 0 radical (unpaired) electrons. The number of alkyl carbamates (subject to hydrolysis) is 1. The number of benzene rings is 2. The summed E-state index contributed by atoms with van der Waals surface area (Å²) in [6.07, 6.45) is 44.4. The van der Waals surface area contributed by atoms with E-state index in [9.17, 15) is 52.7 Å². The molecule has 1 saturated heterocycles. The van der Waals surface area contributed by atoms with E-state index in [-0.39, 0.29) is 150 Å². The van der Waals surface area contributed by atoms with E-state index in [0.29, 0.717) is 43.6 Å². The predicted octanol–water partition coefficient (Wildman–Crippen LogP) is 19.0. The van der Waals surface area contributed by atoms with E-state index in [1.165, 1.54) is 38.5 Å². The van der Waals surface area contributed by atoms with Crippen LogP contribution in [0.1, 0.15) is 392 Å². The van der Waals surface area contributed by atoms with Crippen LogP contribution in [-0.2, 0) is 90.7 Å². The van der Waals surface area contributed by atoms with Crippen molar-refractivity contribution in [2.24, 2.45) is 17.2 Å². The van der Waals surface area contributed by atoms with Crippen LogP contribution in [0, 0.1) is 0 Å². The van der Waals surface area contributed by atoms with Crippen LogP contribution in [0.15, 0.2) is 48.5 Å². The molecule has 0 unspecified atom stereocenters. The predicted molar refractivity (Wildman–Crippen MR) is 461 cm³/mol. The number of imide groups is 1. The number of hydroxylamine groups is 2. The number of nitrogens with two attached hydrogens (primary N) is 3. The van der Waals surface area contributed by atoms with Gasteiger partial charge in [-0.1, -0.05) is 256 Å². The maximum atomic E-state index is 13.0. The van der Waals surface area contributed by atoms with Gasteiger partial charge in [-0.2, -0.15) is 0 Å². The first-order valence-electron chi connectivity index (χ1n) is 46.1. The lowest BCUT2D eigenvalue weighted by Crippen LogP contribution is -2.45. The van der Waals surface area contributed by atoms with E-state index in [2.05, 4.69) is 26.1 Å². The van der Waals surface area contributed by atoms with Crippen molar-refractivity contribution in [1.29, 1.82) is 0 Å². The molecular formula is C94H155N5O20. The van der Waals surface area contributed by atoms with Gasteiger partial charge in [-0.25, -0.2) is 9.59 Å². The number of rotatable bonds is 70. The lowest BCUT2D eigenvalue weighted by molar-refractivity contribution is -0.199. The standard InChI is InChI=1S/C63H119N3O12.C31H36N2O8/c1-4-7-10-31-40-54(75-61(70)49-64)43-34-25-19-13-16-22-28-37-46-58(67)73-52-57(78-60(69)48-39-30-24-18-15-21-27-36-45-56(77-63(72)51-66)42-33-12-9-6-3)53-74-59(68)47-38-29-23-17-14-20-26-35-44-55(76-62(71)50-65)41-32-11-8-5-2;1-31(2,3)40-28(36)16-6-4-5-15-25(29(37)41-33-26(34)17-18-27(33)35)32-30(38)39-19-24-22-13-9-7-11-20(22)21-12-8-10-14-23(21)24/h54-57H,4-53,64-66H2,1-3H3;7-14,24-25H,4-6,15-19H2,1-3H3,(H,32,38)/t54-,55-,56-;25-/m10/s1. The molecule has 0 aromatic heterocycles. The Balaban J connectivity index is 0.000000739. The molecule has 4 rings (SSSR count). The summed E-state index contributed by atoms with van der Waals surface area (Å²) < 4.78 is 44.5. The van der Waals surface area contributed by atoms with Gasteiger partial charge in [0.1, 0.15) is 49.8 Å². The molecule has 1 heterocycles. The highest BCUT2D eigenvalue weighted by Crippen LogP contribution is 2.44. The summed E-state index contributed by atoms with van der Waals surface area (Å²) in [5.74, 6) is -4.69. The zero-order chi connectivity index (χ0) is 86.9. The second-order valence-corrected chi connectivity index (χ2v) is 33.3. The van der Waals surface area contributed by atoms with Crippen molar-refractivity contribution in [3.05, 3.63) is 59.7 Å². The van der Waals surface area contributed by atoms with Crippen molar-refractivity contribution in [2.45, 2.75) is 417 Å². The topological polar surface area (TPSA) is 364 Å². The number of esters is 7. The van der Waals surface area contributed by atoms with Crippen LogP contribution in [0.5, 0.6) is 0 Å². The highest BCUT2D eigenvalue weighted by atomic mass is 16.7. The summed E-state index contributed by atoms with van der Waals surface area (Å²) in [5, 5.41) is 3.00. The SMILES string of the molecule is CC(C)(C)OC(=O)CCCCC[C@H](NC(=O)OCC1c2ccccc2-c2ccccc21)C(=O)ON1C(=O)CCC1=O.CCCCCC[C@H](CCCCCCCCCCC(=O)OCC(COC(=O)CCCCCCCCCC[C@@H](CCCCCC)OC(=O)CN)OC(=O)CCCCCCCCCC[C@@H](CCCCCC)OC(=O)CN)OC(=O)CN. The molecule has 0 saturated carbocycles. The lowest BCUT2D eigenvalue weighted by Gasteiger charge is -2.21. The number of fused-ring (bicyclic) bond motifs is 3.